The van der Waals surface area contributed by atoms with Crippen molar-refractivity contribution in [1.82, 2.24) is 9.97 Å². The van der Waals surface area contributed by atoms with E-state index in [2.05, 4.69) is 32.6 Å². The molecule has 1 heterocycles. The van der Waals surface area contributed by atoms with Crippen LogP contribution in [0.2, 0.25) is 0 Å². The maximum atomic E-state index is 5.54. The Labute approximate surface area is 112 Å². The van der Waals surface area contributed by atoms with Crippen LogP contribution < -0.4 is 15.2 Å². The average molecular weight is 343 g/mol. The quantitative estimate of drug-likeness (QED) is 0.867. The fourth-order valence-electron chi connectivity index (χ4n) is 1.20. The van der Waals surface area contributed by atoms with Crippen molar-refractivity contribution in [2.45, 2.75) is 0 Å². The molecule has 0 aliphatic rings. The van der Waals surface area contributed by atoms with Gasteiger partial charge < -0.3 is 15.2 Å². The highest BCUT2D eigenvalue weighted by Gasteiger charge is 2.04. The number of benzene rings is 1. The minimum absolute atomic E-state index is 0.116. The van der Waals surface area contributed by atoms with Crippen molar-refractivity contribution in [3.63, 3.8) is 0 Å². The summed E-state index contributed by atoms with van der Waals surface area (Å²) < 4.78 is 11.7. The van der Waals surface area contributed by atoms with E-state index in [-0.39, 0.29) is 5.95 Å². The Hall–Kier alpha value is -1.57. The van der Waals surface area contributed by atoms with E-state index in [0.29, 0.717) is 17.5 Å². The monoisotopic (exact) mass is 343 g/mol. The molecule has 0 saturated heterocycles. The molecule has 1 aromatic carbocycles. The Morgan fingerprint density at radius 3 is 2.41 bits per heavy atom. The Balaban J connectivity index is 2.23. The third-order valence-electron chi connectivity index (χ3n) is 1.94. The summed E-state index contributed by atoms with van der Waals surface area (Å²) in [7, 11) is 1.51. The number of hydrogen-bond donors (Lipinski definition) is 1. The molecule has 2 N–H and O–H groups in total. The molecule has 2 rings (SSSR count). The summed E-state index contributed by atoms with van der Waals surface area (Å²) in [6, 6.07) is 9.17. The van der Waals surface area contributed by atoms with Gasteiger partial charge in [0.25, 0.3) is 0 Å². The summed E-state index contributed by atoms with van der Waals surface area (Å²) in [5.41, 5.74) is 5.53. The zero-order valence-corrected chi connectivity index (χ0v) is 11.2. The minimum Gasteiger partial charge on any atom is -0.481 e. The van der Waals surface area contributed by atoms with Crippen molar-refractivity contribution in [2.75, 3.05) is 12.8 Å². The molecule has 1 aromatic heterocycles. The first-order chi connectivity index (χ1) is 8.17. The van der Waals surface area contributed by atoms with Crippen LogP contribution in [0, 0.1) is 3.57 Å². The minimum atomic E-state index is 0.116. The number of nitrogen functional groups attached to an aromatic ring is 1. The lowest BCUT2D eigenvalue weighted by Gasteiger charge is -2.06. The first-order valence-electron chi connectivity index (χ1n) is 4.79. The summed E-state index contributed by atoms with van der Waals surface area (Å²) in [4.78, 5) is 7.83. The van der Waals surface area contributed by atoms with Crippen molar-refractivity contribution < 1.29 is 9.47 Å². The third kappa shape index (κ3) is 3.19. The van der Waals surface area contributed by atoms with Crippen LogP contribution >= 0.6 is 22.6 Å². The molecule has 0 aliphatic heterocycles. The molecular weight excluding hydrogens is 333 g/mol. The van der Waals surface area contributed by atoms with Crippen LogP contribution in [0.1, 0.15) is 0 Å². The van der Waals surface area contributed by atoms with Crippen molar-refractivity contribution in [3.8, 4) is 17.5 Å². The van der Waals surface area contributed by atoms with Crippen LogP contribution in [0.3, 0.4) is 0 Å². The second-order valence-corrected chi connectivity index (χ2v) is 4.41. The number of nitrogens with zero attached hydrogens (tertiary/aromatic N) is 2. The van der Waals surface area contributed by atoms with Gasteiger partial charge >= 0.3 is 0 Å². The molecule has 0 aliphatic carbocycles. The van der Waals surface area contributed by atoms with Crippen LogP contribution in [0.4, 0.5) is 5.95 Å². The first kappa shape index (κ1) is 11.9. The first-order valence-corrected chi connectivity index (χ1v) is 5.87. The molecule has 5 nitrogen and oxygen atoms in total. The van der Waals surface area contributed by atoms with E-state index in [9.17, 15) is 0 Å². The molecule has 0 bridgehead atoms. The molecule has 17 heavy (non-hydrogen) atoms. The molecule has 0 radical (unpaired) electrons. The van der Waals surface area contributed by atoms with Gasteiger partial charge in [-0.1, -0.05) is 0 Å². The van der Waals surface area contributed by atoms with Crippen LogP contribution in [0.5, 0.6) is 17.5 Å². The Morgan fingerprint density at radius 2 is 1.76 bits per heavy atom. The van der Waals surface area contributed by atoms with Crippen LogP contribution in [0.25, 0.3) is 0 Å². The van der Waals surface area contributed by atoms with Gasteiger partial charge in [0.1, 0.15) is 5.75 Å². The molecule has 0 amide bonds. The van der Waals surface area contributed by atoms with E-state index >= 15 is 0 Å². The third-order valence-corrected chi connectivity index (χ3v) is 2.66. The zero-order chi connectivity index (χ0) is 12.3. The van der Waals surface area contributed by atoms with E-state index < -0.39 is 0 Å². The number of halogens is 1. The number of nitrogens with two attached hydrogens (primary N) is 1. The van der Waals surface area contributed by atoms with E-state index in [1.54, 1.807) is 6.07 Å². The topological polar surface area (TPSA) is 70.3 Å². The summed E-state index contributed by atoms with van der Waals surface area (Å²) in [6.07, 6.45) is 0. The predicted octanol–water partition coefficient (Wildman–Crippen LogP) is 2.46. The average Bonchev–Trinajstić information content (AvgIpc) is 2.31. The maximum absolute atomic E-state index is 5.54. The lowest BCUT2D eigenvalue weighted by atomic mass is 10.3. The smallest absolute Gasteiger partial charge is 0.227 e. The Bertz CT molecular complexity index is 517. The van der Waals surface area contributed by atoms with Gasteiger partial charge in [-0.05, 0) is 46.9 Å². The summed E-state index contributed by atoms with van der Waals surface area (Å²) in [5, 5.41) is 0. The van der Waals surface area contributed by atoms with Gasteiger partial charge in [-0.2, -0.15) is 9.97 Å². The molecule has 88 valence electrons. The summed E-state index contributed by atoms with van der Waals surface area (Å²) >= 11 is 2.22. The van der Waals surface area contributed by atoms with Gasteiger partial charge in [-0.15, -0.1) is 0 Å². The number of anilines is 1. The second kappa shape index (κ2) is 5.17. The normalized spacial score (nSPS) is 10.0. The van der Waals surface area contributed by atoms with Gasteiger partial charge in [-0.3, -0.25) is 0 Å². The largest absolute Gasteiger partial charge is 0.481 e. The number of ether oxygens (including phenoxy) is 2. The van der Waals surface area contributed by atoms with Gasteiger partial charge in [0.15, 0.2) is 0 Å². The van der Waals surface area contributed by atoms with Gasteiger partial charge in [-0.25, -0.2) is 0 Å². The molecule has 0 spiro atoms. The fourth-order valence-corrected chi connectivity index (χ4v) is 1.56. The Morgan fingerprint density at radius 1 is 1.12 bits per heavy atom. The predicted molar refractivity (Wildman–Crippen MR) is 72.2 cm³/mol. The fraction of sp³-hybridized carbons (Fsp3) is 0.0909. The van der Waals surface area contributed by atoms with E-state index in [1.165, 1.54) is 7.11 Å². The highest BCUT2D eigenvalue weighted by Crippen LogP contribution is 2.23. The van der Waals surface area contributed by atoms with Crippen LogP contribution in [-0.4, -0.2) is 17.1 Å². The van der Waals surface area contributed by atoms with Crippen molar-refractivity contribution >= 4 is 28.5 Å². The van der Waals surface area contributed by atoms with E-state index in [1.807, 2.05) is 24.3 Å². The van der Waals surface area contributed by atoms with Crippen molar-refractivity contribution in [1.29, 1.82) is 0 Å². The number of aromatic nitrogens is 2. The number of methoxy groups -OCH3 is 1. The molecule has 0 fully saturated rings. The molecule has 0 unspecified atom stereocenters. The van der Waals surface area contributed by atoms with Crippen LogP contribution in [0.15, 0.2) is 30.3 Å². The maximum Gasteiger partial charge on any atom is 0.227 e. The lowest BCUT2D eigenvalue weighted by molar-refractivity contribution is 0.389. The highest BCUT2D eigenvalue weighted by molar-refractivity contribution is 14.1. The number of rotatable bonds is 3. The molecule has 2 aromatic rings. The SMILES string of the molecule is COc1cc(Oc2ccc(I)cc2)nc(N)n1. The summed E-state index contributed by atoms with van der Waals surface area (Å²) in [5.74, 6) is 1.53. The Kier molecular flexibility index (Phi) is 3.62. The van der Waals surface area contributed by atoms with E-state index in [0.717, 1.165) is 3.57 Å². The van der Waals surface area contributed by atoms with Crippen molar-refractivity contribution in [3.05, 3.63) is 33.9 Å². The van der Waals surface area contributed by atoms with Gasteiger partial charge in [0.2, 0.25) is 17.7 Å². The molecular formula is C11H10IN3O2. The summed E-state index contributed by atoms with van der Waals surface area (Å²) in [6.45, 7) is 0. The molecule has 6 heteroatoms. The zero-order valence-electron chi connectivity index (χ0n) is 9.05. The highest BCUT2D eigenvalue weighted by atomic mass is 127. The second-order valence-electron chi connectivity index (χ2n) is 3.16. The van der Waals surface area contributed by atoms with Gasteiger partial charge in [0, 0.05) is 3.57 Å². The van der Waals surface area contributed by atoms with Crippen molar-refractivity contribution in [2.24, 2.45) is 0 Å². The molecule has 0 saturated carbocycles. The number of hydrogen-bond acceptors (Lipinski definition) is 5. The van der Waals surface area contributed by atoms with Crippen LogP contribution in [-0.2, 0) is 0 Å². The molecule has 0 atom stereocenters. The standard InChI is InChI=1S/C11H10IN3O2/c1-16-9-6-10(15-11(13)14-9)17-8-4-2-7(12)3-5-8/h2-6H,1H3,(H2,13,14,15). The lowest BCUT2D eigenvalue weighted by Crippen LogP contribution is -1.99. The van der Waals surface area contributed by atoms with E-state index in [4.69, 9.17) is 15.2 Å². The van der Waals surface area contributed by atoms with Gasteiger partial charge in [0.05, 0.1) is 13.2 Å².